The van der Waals surface area contributed by atoms with Gasteiger partial charge in [-0.1, -0.05) is 0 Å². The molecule has 0 unspecified atom stereocenters. The minimum absolute atomic E-state index is 0.187. The van der Waals surface area contributed by atoms with Crippen LogP contribution in [0.3, 0.4) is 0 Å². The van der Waals surface area contributed by atoms with Crippen molar-refractivity contribution in [3.8, 4) is 5.75 Å². The molecule has 1 N–H and O–H groups in total. The van der Waals surface area contributed by atoms with Gasteiger partial charge in [0.25, 0.3) is 5.91 Å². The van der Waals surface area contributed by atoms with E-state index in [-0.39, 0.29) is 5.75 Å². The molecule has 0 aliphatic carbocycles. The van der Waals surface area contributed by atoms with E-state index in [0.717, 1.165) is 12.1 Å². The van der Waals surface area contributed by atoms with E-state index in [9.17, 15) is 13.6 Å². The van der Waals surface area contributed by atoms with Crippen LogP contribution in [0.15, 0.2) is 18.2 Å². The van der Waals surface area contributed by atoms with Crippen molar-refractivity contribution in [2.24, 2.45) is 0 Å². The topological polar surface area (TPSA) is 47.6 Å². The predicted octanol–water partition coefficient (Wildman–Crippen LogP) is 1.41. The minimum Gasteiger partial charge on any atom is -0.481 e. The van der Waals surface area contributed by atoms with Crippen molar-refractivity contribution in [3.05, 3.63) is 29.8 Å². The van der Waals surface area contributed by atoms with E-state index in [4.69, 9.17) is 4.74 Å². The fourth-order valence-corrected chi connectivity index (χ4v) is 0.918. The number of ether oxygens (including phenoxy) is 1. The van der Waals surface area contributed by atoms with Crippen LogP contribution >= 0.6 is 0 Å². The molecule has 1 aromatic carbocycles. The van der Waals surface area contributed by atoms with Crippen molar-refractivity contribution in [3.63, 3.8) is 0 Å². The van der Waals surface area contributed by atoms with Gasteiger partial charge in [-0.3, -0.25) is 9.63 Å². The molecule has 0 bridgehead atoms. The van der Waals surface area contributed by atoms with Gasteiger partial charge < -0.3 is 4.74 Å². The van der Waals surface area contributed by atoms with Crippen LogP contribution in [0, 0.1) is 11.6 Å². The Morgan fingerprint density at radius 2 is 2.19 bits per heavy atom. The summed E-state index contributed by atoms with van der Waals surface area (Å²) in [5, 5.41) is 0. The van der Waals surface area contributed by atoms with Crippen LogP contribution in [0.1, 0.15) is 6.92 Å². The third-order valence-electron chi connectivity index (χ3n) is 1.58. The third-order valence-corrected chi connectivity index (χ3v) is 1.58. The van der Waals surface area contributed by atoms with Crippen LogP contribution in [0.2, 0.25) is 0 Å². The second-order valence-electron chi connectivity index (χ2n) is 2.82. The molecule has 4 nitrogen and oxygen atoms in total. The molecule has 1 rings (SSSR count). The Balaban J connectivity index is 2.45. The summed E-state index contributed by atoms with van der Waals surface area (Å²) in [5.41, 5.74) is 2.07. The lowest BCUT2D eigenvalue weighted by Gasteiger charge is -2.07. The van der Waals surface area contributed by atoms with Crippen molar-refractivity contribution in [1.29, 1.82) is 0 Å². The Hall–Kier alpha value is -1.69. The summed E-state index contributed by atoms with van der Waals surface area (Å²) in [5.74, 6) is -2.30. The monoisotopic (exact) mass is 231 g/mol. The zero-order chi connectivity index (χ0) is 12.0. The third kappa shape index (κ3) is 3.82. The Morgan fingerprint density at radius 3 is 2.81 bits per heavy atom. The molecule has 0 fully saturated rings. The SMILES string of the molecule is CCONC(=O)COc1ccc(F)cc1F. The molecule has 0 aliphatic heterocycles. The number of nitrogens with one attached hydrogen (secondary N) is 1. The van der Waals surface area contributed by atoms with Crippen LogP contribution in [0.5, 0.6) is 5.75 Å². The number of benzene rings is 1. The highest BCUT2D eigenvalue weighted by Gasteiger charge is 2.07. The zero-order valence-corrected chi connectivity index (χ0v) is 8.63. The van der Waals surface area contributed by atoms with E-state index in [2.05, 4.69) is 10.3 Å². The summed E-state index contributed by atoms with van der Waals surface area (Å²) in [6, 6.07) is 2.83. The molecule has 0 atom stereocenters. The molecule has 0 saturated heterocycles. The van der Waals surface area contributed by atoms with Crippen molar-refractivity contribution in [2.45, 2.75) is 6.92 Å². The van der Waals surface area contributed by atoms with Crippen LogP contribution < -0.4 is 10.2 Å². The maximum absolute atomic E-state index is 13.0. The van der Waals surface area contributed by atoms with Gasteiger partial charge in [-0.25, -0.2) is 14.3 Å². The Kier molecular flexibility index (Phi) is 4.65. The lowest BCUT2D eigenvalue weighted by Crippen LogP contribution is -2.29. The fraction of sp³-hybridized carbons (Fsp3) is 0.300. The number of hydrogen-bond donors (Lipinski definition) is 1. The number of amides is 1. The van der Waals surface area contributed by atoms with Crippen molar-refractivity contribution < 1.29 is 23.1 Å². The number of carbonyl (C=O) groups excluding carboxylic acids is 1. The second-order valence-corrected chi connectivity index (χ2v) is 2.82. The average Bonchev–Trinajstić information content (AvgIpc) is 2.25. The van der Waals surface area contributed by atoms with E-state index in [0.29, 0.717) is 12.7 Å². The fourth-order valence-electron chi connectivity index (χ4n) is 0.918. The Bertz CT molecular complexity index is 371. The molecule has 1 amide bonds. The van der Waals surface area contributed by atoms with Crippen LogP contribution in [-0.4, -0.2) is 19.1 Å². The quantitative estimate of drug-likeness (QED) is 0.779. The molecule has 0 radical (unpaired) electrons. The van der Waals surface area contributed by atoms with Crippen LogP contribution in [-0.2, 0) is 9.63 Å². The number of halogens is 2. The smallest absolute Gasteiger partial charge is 0.281 e. The van der Waals surface area contributed by atoms with Gasteiger partial charge in [0, 0.05) is 6.07 Å². The number of rotatable bonds is 5. The van der Waals surface area contributed by atoms with Gasteiger partial charge in [0.2, 0.25) is 0 Å². The van der Waals surface area contributed by atoms with Crippen molar-refractivity contribution >= 4 is 5.91 Å². The Labute approximate surface area is 91.1 Å². The largest absolute Gasteiger partial charge is 0.481 e. The van der Waals surface area contributed by atoms with Gasteiger partial charge in [-0.2, -0.15) is 0 Å². The van der Waals surface area contributed by atoms with Crippen LogP contribution in [0.4, 0.5) is 8.78 Å². The number of hydroxylamine groups is 1. The van der Waals surface area contributed by atoms with E-state index in [1.807, 2.05) is 0 Å². The van der Waals surface area contributed by atoms with Crippen molar-refractivity contribution in [2.75, 3.05) is 13.2 Å². The highest BCUT2D eigenvalue weighted by Crippen LogP contribution is 2.17. The number of hydrogen-bond acceptors (Lipinski definition) is 3. The first-order valence-corrected chi connectivity index (χ1v) is 4.62. The molecule has 6 heteroatoms. The first-order chi connectivity index (χ1) is 7.63. The summed E-state index contributed by atoms with van der Waals surface area (Å²) in [6.07, 6.45) is 0. The predicted molar refractivity (Wildman–Crippen MR) is 51.6 cm³/mol. The lowest BCUT2D eigenvalue weighted by atomic mass is 10.3. The molecular weight excluding hydrogens is 220 g/mol. The minimum atomic E-state index is -0.857. The molecule has 0 heterocycles. The van der Waals surface area contributed by atoms with Crippen LogP contribution in [0.25, 0.3) is 0 Å². The molecule has 1 aromatic rings. The maximum atomic E-state index is 13.0. The second kappa shape index (κ2) is 6.02. The normalized spacial score (nSPS) is 9.94. The molecular formula is C10H11F2NO3. The van der Waals surface area contributed by atoms with Gasteiger partial charge in [-0.05, 0) is 19.1 Å². The number of carbonyl (C=O) groups is 1. The van der Waals surface area contributed by atoms with Gasteiger partial charge >= 0.3 is 0 Å². The van der Waals surface area contributed by atoms with E-state index >= 15 is 0 Å². The lowest BCUT2D eigenvalue weighted by molar-refractivity contribution is -0.135. The van der Waals surface area contributed by atoms with Gasteiger partial charge in [0.15, 0.2) is 18.2 Å². The highest BCUT2D eigenvalue weighted by molar-refractivity contribution is 5.76. The van der Waals surface area contributed by atoms with E-state index < -0.39 is 24.1 Å². The molecule has 0 aromatic heterocycles. The Morgan fingerprint density at radius 1 is 1.44 bits per heavy atom. The molecule has 0 aliphatic rings. The molecule has 88 valence electrons. The summed E-state index contributed by atoms with van der Waals surface area (Å²) in [6.45, 7) is 1.61. The van der Waals surface area contributed by atoms with Crippen molar-refractivity contribution in [1.82, 2.24) is 5.48 Å². The standard InChI is InChI=1S/C10H11F2NO3/c1-2-16-13-10(14)6-15-9-4-3-7(11)5-8(9)12/h3-5H,2,6H2,1H3,(H,13,14). The van der Waals surface area contributed by atoms with E-state index in [1.54, 1.807) is 6.92 Å². The summed E-state index contributed by atoms with van der Waals surface area (Å²) in [7, 11) is 0. The molecule has 0 spiro atoms. The first-order valence-electron chi connectivity index (χ1n) is 4.62. The summed E-state index contributed by atoms with van der Waals surface area (Å²) in [4.78, 5) is 15.6. The summed E-state index contributed by atoms with van der Waals surface area (Å²) >= 11 is 0. The van der Waals surface area contributed by atoms with Gasteiger partial charge in [-0.15, -0.1) is 0 Å². The summed E-state index contributed by atoms with van der Waals surface area (Å²) < 4.78 is 30.4. The first kappa shape index (κ1) is 12.4. The molecule has 16 heavy (non-hydrogen) atoms. The highest BCUT2D eigenvalue weighted by atomic mass is 19.1. The zero-order valence-electron chi connectivity index (χ0n) is 8.63. The van der Waals surface area contributed by atoms with Gasteiger partial charge in [0.1, 0.15) is 5.82 Å². The average molecular weight is 231 g/mol. The maximum Gasteiger partial charge on any atom is 0.281 e. The van der Waals surface area contributed by atoms with Gasteiger partial charge in [0.05, 0.1) is 6.61 Å². The van der Waals surface area contributed by atoms with E-state index in [1.165, 1.54) is 0 Å². The molecule has 0 saturated carbocycles.